The summed E-state index contributed by atoms with van der Waals surface area (Å²) in [5.41, 5.74) is 0.356. The highest BCUT2D eigenvalue weighted by Crippen LogP contribution is 2.17. The lowest BCUT2D eigenvalue weighted by Gasteiger charge is -2.35. The van der Waals surface area contributed by atoms with Crippen LogP contribution in [0.25, 0.3) is 6.08 Å². The van der Waals surface area contributed by atoms with Gasteiger partial charge in [0.25, 0.3) is 0 Å². The molecule has 0 spiro atoms. The molecule has 25 heavy (non-hydrogen) atoms. The lowest BCUT2D eigenvalue weighted by molar-refractivity contribution is -0.129. The molecule has 2 heterocycles. The second-order valence-electron chi connectivity index (χ2n) is 7.18. The molecule has 6 nitrogen and oxygen atoms in total. The fourth-order valence-electron chi connectivity index (χ4n) is 2.76. The minimum absolute atomic E-state index is 0.00711. The van der Waals surface area contributed by atoms with E-state index in [1.165, 1.54) is 0 Å². The number of piperidine rings is 1. The molecule has 1 aliphatic rings. The molecule has 1 atom stereocenters. The van der Waals surface area contributed by atoms with Gasteiger partial charge in [0.2, 0.25) is 5.91 Å². The number of nitrogens with zero attached hydrogens (tertiary/aromatic N) is 2. The monoisotopic (exact) mass is 345 g/mol. The van der Waals surface area contributed by atoms with Gasteiger partial charge in [-0.2, -0.15) is 0 Å². The number of pyridine rings is 1. The van der Waals surface area contributed by atoms with Crippen LogP contribution in [0, 0.1) is 0 Å². The number of carbonyl (C=O) groups is 2. The molecule has 0 saturated carbocycles. The number of hydrogen-bond acceptors (Lipinski definition) is 4. The van der Waals surface area contributed by atoms with Gasteiger partial charge >= 0.3 is 6.09 Å². The van der Waals surface area contributed by atoms with Crippen molar-refractivity contribution in [1.82, 2.24) is 15.2 Å². The third-order valence-corrected chi connectivity index (χ3v) is 3.89. The second kappa shape index (κ2) is 8.65. The zero-order chi connectivity index (χ0) is 18.3. The molecular formula is C19H27N3O3. The van der Waals surface area contributed by atoms with Crippen LogP contribution in [-0.2, 0) is 9.53 Å². The summed E-state index contributed by atoms with van der Waals surface area (Å²) in [6.07, 6.45) is 9.21. The molecule has 0 bridgehead atoms. The fourth-order valence-corrected chi connectivity index (χ4v) is 2.76. The number of carbonyl (C=O) groups excluding carboxylic acids is 2. The van der Waals surface area contributed by atoms with Crippen LogP contribution in [0.1, 0.15) is 45.6 Å². The highest BCUT2D eigenvalue weighted by Gasteiger charge is 2.26. The van der Waals surface area contributed by atoms with Gasteiger partial charge in [-0.05, 0) is 57.7 Å². The van der Waals surface area contributed by atoms with E-state index in [0.717, 1.165) is 24.8 Å². The summed E-state index contributed by atoms with van der Waals surface area (Å²) in [5, 5.41) is 2.78. The minimum Gasteiger partial charge on any atom is -0.444 e. The van der Waals surface area contributed by atoms with Crippen LogP contribution in [0.5, 0.6) is 0 Å². The molecule has 6 heteroatoms. The zero-order valence-electron chi connectivity index (χ0n) is 15.2. The van der Waals surface area contributed by atoms with E-state index >= 15 is 0 Å². The Morgan fingerprint density at radius 2 is 2.20 bits per heavy atom. The summed E-state index contributed by atoms with van der Waals surface area (Å²) in [4.78, 5) is 30.2. The highest BCUT2D eigenvalue weighted by molar-refractivity contribution is 5.92. The van der Waals surface area contributed by atoms with E-state index in [1.807, 2.05) is 37.8 Å². The van der Waals surface area contributed by atoms with Crippen molar-refractivity contribution >= 4 is 18.1 Å². The van der Waals surface area contributed by atoms with E-state index in [1.54, 1.807) is 24.5 Å². The lowest BCUT2D eigenvalue weighted by atomic mass is 10.0. The van der Waals surface area contributed by atoms with Crippen LogP contribution in [0.3, 0.4) is 0 Å². The zero-order valence-corrected chi connectivity index (χ0v) is 15.2. The third kappa shape index (κ3) is 6.57. The summed E-state index contributed by atoms with van der Waals surface area (Å²) >= 11 is 0. The van der Waals surface area contributed by atoms with Gasteiger partial charge in [0.1, 0.15) is 5.60 Å². The van der Waals surface area contributed by atoms with Crippen molar-refractivity contribution in [3.05, 3.63) is 36.2 Å². The van der Waals surface area contributed by atoms with E-state index in [-0.39, 0.29) is 11.9 Å². The maximum Gasteiger partial charge on any atom is 0.407 e. The first kappa shape index (κ1) is 19.0. The van der Waals surface area contributed by atoms with Crippen molar-refractivity contribution < 1.29 is 14.3 Å². The van der Waals surface area contributed by atoms with Crippen molar-refractivity contribution in [2.24, 2.45) is 0 Å². The minimum atomic E-state index is -0.529. The van der Waals surface area contributed by atoms with Gasteiger partial charge in [0.05, 0.1) is 0 Å². The van der Waals surface area contributed by atoms with Gasteiger partial charge in [0, 0.05) is 37.6 Å². The summed E-state index contributed by atoms with van der Waals surface area (Å²) in [6, 6.07) is 3.72. The molecule has 0 radical (unpaired) electrons. The maximum absolute atomic E-state index is 12.5. The number of aromatic nitrogens is 1. The Labute approximate surface area is 149 Å². The maximum atomic E-state index is 12.5. The molecule has 1 saturated heterocycles. The second-order valence-corrected chi connectivity index (χ2v) is 7.18. The molecule has 1 aliphatic heterocycles. The molecule has 2 rings (SSSR count). The fraction of sp³-hybridized carbons (Fsp3) is 0.526. The van der Waals surface area contributed by atoms with Gasteiger partial charge in [0.15, 0.2) is 0 Å². The van der Waals surface area contributed by atoms with Crippen molar-refractivity contribution in [2.75, 3.05) is 13.1 Å². The molecule has 136 valence electrons. The number of nitrogens with one attached hydrogen (secondary N) is 1. The van der Waals surface area contributed by atoms with E-state index < -0.39 is 11.7 Å². The molecule has 1 aromatic heterocycles. The third-order valence-electron chi connectivity index (χ3n) is 3.89. The Hall–Kier alpha value is -2.37. The standard InChI is InChI=1S/C19H27N3O3/c1-19(2,3)25-18(24)21-14-16-8-4-5-12-22(16)17(23)10-9-15-7-6-11-20-13-15/h6-7,9-11,13,16H,4-5,8,12,14H2,1-3H3,(H,21,24)/b10-9-/t16-/m0/s1. The summed E-state index contributed by atoms with van der Waals surface area (Å²) in [6.45, 7) is 6.59. The average Bonchev–Trinajstić information content (AvgIpc) is 2.57. The Morgan fingerprint density at radius 3 is 2.88 bits per heavy atom. The average molecular weight is 345 g/mol. The normalized spacial score (nSPS) is 18.2. The van der Waals surface area contributed by atoms with Crippen molar-refractivity contribution in [1.29, 1.82) is 0 Å². The van der Waals surface area contributed by atoms with Crippen molar-refractivity contribution in [3.63, 3.8) is 0 Å². The van der Waals surface area contributed by atoms with Gasteiger partial charge < -0.3 is 15.0 Å². The van der Waals surface area contributed by atoms with Crippen molar-refractivity contribution in [3.8, 4) is 0 Å². The first-order chi connectivity index (χ1) is 11.8. The van der Waals surface area contributed by atoms with Crippen molar-refractivity contribution in [2.45, 2.75) is 51.7 Å². The molecule has 0 aliphatic carbocycles. The highest BCUT2D eigenvalue weighted by atomic mass is 16.6. The molecule has 0 aromatic carbocycles. The predicted molar refractivity (Wildman–Crippen MR) is 96.9 cm³/mol. The first-order valence-electron chi connectivity index (χ1n) is 8.71. The van der Waals surface area contributed by atoms with E-state index in [9.17, 15) is 9.59 Å². The Morgan fingerprint density at radius 1 is 1.40 bits per heavy atom. The number of rotatable bonds is 4. The molecule has 1 fully saturated rings. The van der Waals surface area contributed by atoms with Gasteiger partial charge in [-0.25, -0.2) is 4.79 Å². The van der Waals surface area contributed by atoms with Gasteiger partial charge in [-0.3, -0.25) is 9.78 Å². The Balaban J connectivity index is 1.92. The number of alkyl carbamates (subject to hydrolysis) is 1. The van der Waals surface area contributed by atoms with E-state index in [0.29, 0.717) is 13.1 Å². The summed E-state index contributed by atoms with van der Waals surface area (Å²) < 4.78 is 5.26. The smallest absolute Gasteiger partial charge is 0.407 e. The van der Waals surface area contributed by atoms with Crippen LogP contribution in [-0.4, -0.2) is 46.6 Å². The largest absolute Gasteiger partial charge is 0.444 e. The number of likely N-dealkylation sites (tertiary alicyclic amines) is 1. The van der Waals surface area contributed by atoms with Crippen LogP contribution >= 0.6 is 0 Å². The van der Waals surface area contributed by atoms with Crippen LogP contribution in [0.2, 0.25) is 0 Å². The topological polar surface area (TPSA) is 71.5 Å². The molecular weight excluding hydrogens is 318 g/mol. The molecule has 1 N–H and O–H groups in total. The first-order valence-corrected chi connectivity index (χ1v) is 8.71. The Bertz CT molecular complexity index is 608. The number of hydrogen-bond donors (Lipinski definition) is 1. The van der Waals surface area contributed by atoms with Crippen LogP contribution < -0.4 is 5.32 Å². The van der Waals surface area contributed by atoms with Crippen LogP contribution in [0.4, 0.5) is 4.79 Å². The molecule has 0 unspecified atom stereocenters. The number of ether oxygens (including phenoxy) is 1. The van der Waals surface area contributed by atoms with E-state index in [4.69, 9.17) is 4.74 Å². The quantitative estimate of drug-likeness (QED) is 0.852. The molecule has 1 aromatic rings. The van der Waals surface area contributed by atoms with Crippen LogP contribution in [0.15, 0.2) is 30.6 Å². The van der Waals surface area contributed by atoms with Gasteiger partial charge in [-0.15, -0.1) is 0 Å². The molecule has 2 amide bonds. The number of amides is 2. The summed E-state index contributed by atoms with van der Waals surface area (Å²) in [7, 11) is 0. The SMILES string of the molecule is CC(C)(C)OC(=O)NC[C@@H]1CCCCN1C(=O)/C=C\c1cccnc1. The van der Waals surface area contributed by atoms with Gasteiger partial charge in [-0.1, -0.05) is 6.07 Å². The predicted octanol–water partition coefficient (Wildman–Crippen LogP) is 3.00. The lowest BCUT2D eigenvalue weighted by Crippen LogP contribution is -2.49. The summed E-state index contributed by atoms with van der Waals surface area (Å²) in [5.74, 6) is -0.0421. The van der Waals surface area contributed by atoms with E-state index in [2.05, 4.69) is 10.3 Å². The Kier molecular flexibility index (Phi) is 6.56.